The van der Waals surface area contributed by atoms with Gasteiger partial charge in [0.1, 0.15) is 5.82 Å². The van der Waals surface area contributed by atoms with Crippen LogP contribution in [0.1, 0.15) is 38.8 Å². The number of hydrogen-bond donors (Lipinski definition) is 1. The SMILES string of the molecule is CC1CC(C)N(c2ccc(C(C)N)cc2F)C1. The van der Waals surface area contributed by atoms with Gasteiger partial charge in [-0.25, -0.2) is 4.39 Å². The molecule has 0 saturated carbocycles. The molecule has 0 aromatic heterocycles. The van der Waals surface area contributed by atoms with Gasteiger partial charge >= 0.3 is 0 Å². The first-order chi connectivity index (χ1) is 7.99. The average Bonchev–Trinajstić information content (AvgIpc) is 2.57. The molecule has 1 heterocycles. The number of rotatable bonds is 2. The number of nitrogens with two attached hydrogens (primary N) is 1. The zero-order valence-electron chi connectivity index (χ0n) is 10.8. The largest absolute Gasteiger partial charge is 0.366 e. The second-order valence-corrected chi connectivity index (χ2v) is 5.34. The minimum absolute atomic E-state index is 0.117. The quantitative estimate of drug-likeness (QED) is 0.855. The lowest BCUT2D eigenvalue weighted by Crippen LogP contribution is -2.27. The van der Waals surface area contributed by atoms with Gasteiger partial charge < -0.3 is 10.6 Å². The Hall–Kier alpha value is -1.09. The monoisotopic (exact) mass is 236 g/mol. The van der Waals surface area contributed by atoms with Gasteiger partial charge in [0.15, 0.2) is 0 Å². The van der Waals surface area contributed by atoms with E-state index in [0.717, 1.165) is 18.5 Å². The molecule has 1 aliphatic rings. The van der Waals surface area contributed by atoms with Crippen LogP contribution >= 0.6 is 0 Å². The van der Waals surface area contributed by atoms with Crippen molar-refractivity contribution in [2.24, 2.45) is 11.7 Å². The van der Waals surface area contributed by atoms with E-state index in [1.165, 1.54) is 0 Å². The highest BCUT2D eigenvalue weighted by atomic mass is 19.1. The van der Waals surface area contributed by atoms with Gasteiger partial charge in [-0.3, -0.25) is 0 Å². The molecule has 2 nitrogen and oxygen atoms in total. The van der Waals surface area contributed by atoms with Crippen molar-refractivity contribution >= 4 is 5.69 Å². The predicted octanol–water partition coefficient (Wildman–Crippen LogP) is 3.08. The van der Waals surface area contributed by atoms with Gasteiger partial charge in [-0.1, -0.05) is 13.0 Å². The maximum atomic E-state index is 14.1. The van der Waals surface area contributed by atoms with Crippen LogP contribution in [0.15, 0.2) is 18.2 Å². The molecule has 3 heteroatoms. The Morgan fingerprint density at radius 2 is 2.12 bits per heavy atom. The molecule has 3 atom stereocenters. The summed E-state index contributed by atoms with van der Waals surface area (Å²) in [7, 11) is 0. The van der Waals surface area contributed by atoms with E-state index in [1.807, 2.05) is 19.1 Å². The molecule has 0 aliphatic carbocycles. The van der Waals surface area contributed by atoms with E-state index in [0.29, 0.717) is 17.6 Å². The van der Waals surface area contributed by atoms with Gasteiger partial charge in [0.25, 0.3) is 0 Å². The zero-order valence-corrected chi connectivity index (χ0v) is 10.8. The number of hydrogen-bond acceptors (Lipinski definition) is 2. The molecule has 1 aromatic rings. The van der Waals surface area contributed by atoms with Crippen molar-refractivity contribution in [2.45, 2.75) is 39.3 Å². The van der Waals surface area contributed by atoms with Crippen LogP contribution in [0.5, 0.6) is 0 Å². The standard InChI is InChI=1S/C14H21FN2/c1-9-6-10(2)17(8-9)14-5-4-12(11(3)16)7-13(14)15/h4-5,7,9-11H,6,8,16H2,1-3H3. The van der Waals surface area contributed by atoms with Crippen molar-refractivity contribution < 1.29 is 4.39 Å². The summed E-state index contributed by atoms with van der Waals surface area (Å²) < 4.78 is 14.1. The fourth-order valence-corrected chi connectivity index (χ4v) is 2.67. The smallest absolute Gasteiger partial charge is 0.146 e. The first-order valence-electron chi connectivity index (χ1n) is 6.30. The minimum atomic E-state index is -0.152. The van der Waals surface area contributed by atoms with E-state index in [9.17, 15) is 4.39 Å². The van der Waals surface area contributed by atoms with Crippen molar-refractivity contribution in [2.75, 3.05) is 11.4 Å². The average molecular weight is 236 g/mol. The van der Waals surface area contributed by atoms with E-state index in [1.54, 1.807) is 6.07 Å². The highest BCUT2D eigenvalue weighted by Gasteiger charge is 2.27. The van der Waals surface area contributed by atoms with Crippen LogP contribution in [-0.4, -0.2) is 12.6 Å². The Morgan fingerprint density at radius 1 is 1.41 bits per heavy atom. The Kier molecular flexibility index (Phi) is 3.38. The number of nitrogens with zero attached hydrogens (tertiary/aromatic N) is 1. The van der Waals surface area contributed by atoms with Gasteiger partial charge in [0.2, 0.25) is 0 Å². The molecular weight excluding hydrogens is 215 g/mol. The van der Waals surface area contributed by atoms with E-state index in [-0.39, 0.29) is 11.9 Å². The van der Waals surface area contributed by atoms with Crippen molar-refractivity contribution in [3.8, 4) is 0 Å². The molecule has 1 saturated heterocycles. The maximum absolute atomic E-state index is 14.1. The third kappa shape index (κ3) is 2.44. The summed E-state index contributed by atoms with van der Waals surface area (Å²) in [6.45, 7) is 7.18. The highest BCUT2D eigenvalue weighted by molar-refractivity contribution is 5.51. The van der Waals surface area contributed by atoms with Crippen molar-refractivity contribution in [1.82, 2.24) is 0 Å². The molecule has 0 spiro atoms. The molecular formula is C14H21FN2. The topological polar surface area (TPSA) is 29.3 Å². The third-order valence-electron chi connectivity index (χ3n) is 3.59. The molecule has 2 N–H and O–H groups in total. The zero-order chi connectivity index (χ0) is 12.6. The molecule has 94 valence electrons. The van der Waals surface area contributed by atoms with Gasteiger partial charge in [-0.15, -0.1) is 0 Å². The van der Waals surface area contributed by atoms with E-state index >= 15 is 0 Å². The first-order valence-corrected chi connectivity index (χ1v) is 6.30. The van der Waals surface area contributed by atoms with Crippen LogP contribution in [0.3, 0.4) is 0 Å². The number of anilines is 1. The molecule has 1 aliphatic heterocycles. The molecule has 17 heavy (non-hydrogen) atoms. The minimum Gasteiger partial charge on any atom is -0.366 e. The molecule has 3 unspecified atom stereocenters. The van der Waals surface area contributed by atoms with Crippen LogP contribution in [0.25, 0.3) is 0 Å². The molecule has 0 bridgehead atoms. The molecule has 1 fully saturated rings. The summed E-state index contributed by atoms with van der Waals surface area (Å²) >= 11 is 0. The fourth-order valence-electron chi connectivity index (χ4n) is 2.67. The lowest BCUT2D eigenvalue weighted by Gasteiger charge is -2.25. The normalized spacial score (nSPS) is 26.3. The van der Waals surface area contributed by atoms with Crippen LogP contribution in [0.2, 0.25) is 0 Å². The van der Waals surface area contributed by atoms with Crippen LogP contribution in [0.4, 0.5) is 10.1 Å². The summed E-state index contributed by atoms with van der Waals surface area (Å²) in [5.41, 5.74) is 7.32. The van der Waals surface area contributed by atoms with E-state index in [2.05, 4.69) is 18.7 Å². The lowest BCUT2D eigenvalue weighted by atomic mass is 10.1. The van der Waals surface area contributed by atoms with E-state index < -0.39 is 0 Å². The van der Waals surface area contributed by atoms with Gasteiger partial charge in [-0.2, -0.15) is 0 Å². The Balaban J connectivity index is 2.28. The molecule has 1 aromatic carbocycles. The van der Waals surface area contributed by atoms with Crippen molar-refractivity contribution in [3.05, 3.63) is 29.6 Å². The second-order valence-electron chi connectivity index (χ2n) is 5.34. The molecule has 2 rings (SSSR count). The molecule has 0 radical (unpaired) electrons. The summed E-state index contributed by atoms with van der Waals surface area (Å²) in [4.78, 5) is 2.16. The summed E-state index contributed by atoms with van der Waals surface area (Å²) in [5.74, 6) is 0.484. The predicted molar refractivity (Wildman–Crippen MR) is 69.6 cm³/mol. The van der Waals surface area contributed by atoms with Crippen molar-refractivity contribution in [3.63, 3.8) is 0 Å². The fraction of sp³-hybridized carbons (Fsp3) is 0.571. The number of benzene rings is 1. The Morgan fingerprint density at radius 3 is 2.59 bits per heavy atom. The summed E-state index contributed by atoms with van der Waals surface area (Å²) in [6.07, 6.45) is 1.13. The second kappa shape index (κ2) is 4.65. The third-order valence-corrected chi connectivity index (χ3v) is 3.59. The van der Waals surface area contributed by atoms with Crippen LogP contribution < -0.4 is 10.6 Å². The molecule has 0 amide bonds. The van der Waals surface area contributed by atoms with Gasteiger partial charge in [0.05, 0.1) is 5.69 Å². The van der Waals surface area contributed by atoms with Gasteiger partial charge in [0, 0.05) is 18.6 Å². The highest BCUT2D eigenvalue weighted by Crippen LogP contribution is 2.31. The van der Waals surface area contributed by atoms with Gasteiger partial charge in [-0.05, 0) is 43.9 Å². The van der Waals surface area contributed by atoms with Crippen molar-refractivity contribution in [1.29, 1.82) is 0 Å². The summed E-state index contributed by atoms with van der Waals surface area (Å²) in [6, 6.07) is 5.66. The Labute approximate surface area is 103 Å². The summed E-state index contributed by atoms with van der Waals surface area (Å²) in [5, 5.41) is 0. The Bertz CT molecular complexity index is 403. The lowest BCUT2D eigenvalue weighted by molar-refractivity contribution is 0.608. The van der Waals surface area contributed by atoms with Crippen LogP contribution in [0, 0.1) is 11.7 Å². The maximum Gasteiger partial charge on any atom is 0.146 e. The first kappa shape index (κ1) is 12.4. The van der Waals surface area contributed by atoms with E-state index in [4.69, 9.17) is 5.73 Å². The number of halogens is 1. The van der Waals surface area contributed by atoms with Crippen LogP contribution in [-0.2, 0) is 0 Å².